The molecule has 0 spiro atoms. The summed E-state index contributed by atoms with van der Waals surface area (Å²) in [5.74, 6) is -0.0119. The maximum absolute atomic E-state index is 12.1. The Hall–Kier alpha value is -1.08. The summed E-state index contributed by atoms with van der Waals surface area (Å²) in [5, 5.41) is 11.5. The second-order valence-corrected chi connectivity index (χ2v) is 4.13. The molecular formula is C12H23N3O. The number of nitrogens with zero attached hydrogens (tertiary/aromatic N) is 1. The molecule has 0 aromatic carbocycles. The normalized spacial score (nSPS) is 12.9. The smallest absolute Gasteiger partial charge is 0.227 e. The topological polar surface area (TPSA) is 78.9 Å². The Morgan fingerprint density at radius 1 is 1.44 bits per heavy atom. The van der Waals surface area contributed by atoms with Crippen molar-refractivity contribution in [1.29, 1.82) is 5.26 Å². The zero-order valence-corrected chi connectivity index (χ0v) is 10.5. The van der Waals surface area contributed by atoms with Gasteiger partial charge in [0.05, 0.1) is 17.9 Å². The van der Waals surface area contributed by atoms with Crippen molar-refractivity contribution in [3.05, 3.63) is 0 Å². The highest BCUT2D eigenvalue weighted by molar-refractivity contribution is 5.83. The van der Waals surface area contributed by atoms with Crippen LogP contribution < -0.4 is 11.1 Å². The van der Waals surface area contributed by atoms with Crippen molar-refractivity contribution in [2.24, 2.45) is 11.1 Å². The van der Waals surface area contributed by atoms with Gasteiger partial charge in [-0.2, -0.15) is 5.26 Å². The first-order valence-electron chi connectivity index (χ1n) is 5.98. The van der Waals surface area contributed by atoms with Crippen LogP contribution in [0.25, 0.3) is 0 Å². The van der Waals surface area contributed by atoms with E-state index in [2.05, 4.69) is 11.4 Å². The molecule has 1 atom stereocenters. The molecule has 4 heteroatoms. The summed E-state index contributed by atoms with van der Waals surface area (Å²) >= 11 is 0. The molecule has 0 aliphatic carbocycles. The minimum absolute atomic E-state index is 0.0119. The molecule has 1 amide bonds. The van der Waals surface area contributed by atoms with E-state index in [-0.39, 0.29) is 11.9 Å². The molecule has 0 aromatic rings. The molecule has 16 heavy (non-hydrogen) atoms. The van der Waals surface area contributed by atoms with Crippen LogP contribution in [-0.4, -0.2) is 18.5 Å². The van der Waals surface area contributed by atoms with E-state index in [9.17, 15) is 4.79 Å². The number of hydrogen-bond donors (Lipinski definition) is 2. The van der Waals surface area contributed by atoms with E-state index < -0.39 is 5.41 Å². The standard InChI is InChI=1S/C12H23N3O/c1-4-10(7-8-13)15-11(16)12(5-2,6-3)9-14/h10H,4-7,9,14H2,1-3H3,(H,15,16). The number of nitriles is 1. The van der Waals surface area contributed by atoms with E-state index in [0.717, 1.165) is 19.3 Å². The Labute approximate surface area is 98.2 Å². The van der Waals surface area contributed by atoms with E-state index in [1.54, 1.807) is 0 Å². The molecule has 0 saturated heterocycles. The summed E-state index contributed by atoms with van der Waals surface area (Å²) in [5.41, 5.74) is 5.23. The van der Waals surface area contributed by atoms with Crippen molar-refractivity contribution in [2.45, 2.75) is 52.5 Å². The summed E-state index contributed by atoms with van der Waals surface area (Å²) in [6.07, 6.45) is 2.59. The van der Waals surface area contributed by atoms with E-state index in [4.69, 9.17) is 11.0 Å². The molecule has 0 bridgehead atoms. The summed E-state index contributed by atoms with van der Waals surface area (Å²) < 4.78 is 0. The zero-order chi connectivity index (χ0) is 12.6. The number of carbonyl (C=O) groups is 1. The molecular weight excluding hydrogens is 202 g/mol. The van der Waals surface area contributed by atoms with Gasteiger partial charge in [-0.1, -0.05) is 20.8 Å². The van der Waals surface area contributed by atoms with Crippen LogP contribution in [0.15, 0.2) is 0 Å². The molecule has 1 unspecified atom stereocenters. The fourth-order valence-corrected chi connectivity index (χ4v) is 1.70. The Morgan fingerprint density at radius 2 is 2.00 bits per heavy atom. The van der Waals surface area contributed by atoms with E-state index in [0.29, 0.717) is 13.0 Å². The van der Waals surface area contributed by atoms with Gasteiger partial charge < -0.3 is 11.1 Å². The molecule has 0 aliphatic rings. The summed E-state index contributed by atoms with van der Waals surface area (Å²) in [6.45, 7) is 6.27. The Kier molecular flexibility index (Phi) is 6.75. The molecule has 0 heterocycles. The van der Waals surface area contributed by atoms with Gasteiger partial charge in [0.25, 0.3) is 0 Å². The van der Waals surface area contributed by atoms with Crippen LogP contribution >= 0.6 is 0 Å². The Balaban J connectivity index is 4.58. The third-order valence-corrected chi connectivity index (χ3v) is 3.39. The van der Waals surface area contributed by atoms with Gasteiger partial charge >= 0.3 is 0 Å². The molecule has 3 N–H and O–H groups in total. The lowest BCUT2D eigenvalue weighted by Gasteiger charge is -2.30. The van der Waals surface area contributed by atoms with Crippen LogP contribution in [0, 0.1) is 16.7 Å². The number of hydrogen-bond acceptors (Lipinski definition) is 3. The van der Waals surface area contributed by atoms with Gasteiger partial charge in [-0.3, -0.25) is 4.79 Å². The maximum Gasteiger partial charge on any atom is 0.227 e. The van der Waals surface area contributed by atoms with Crippen molar-refractivity contribution in [1.82, 2.24) is 5.32 Å². The van der Waals surface area contributed by atoms with Crippen LogP contribution in [0.5, 0.6) is 0 Å². The molecule has 4 nitrogen and oxygen atoms in total. The first kappa shape index (κ1) is 14.9. The first-order chi connectivity index (χ1) is 7.60. The number of nitrogens with two attached hydrogens (primary N) is 1. The third kappa shape index (κ3) is 3.49. The third-order valence-electron chi connectivity index (χ3n) is 3.39. The lowest BCUT2D eigenvalue weighted by molar-refractivity contribution is -0.131. The van der Waals surface area contributed by atoms with Crippen molar-refractivity contribution in [2.75, 3.05) is 6.54 Å². The predicted octanol–water partition coefficient (Wildman–Crippen LogP) is 1.56. The number of amides is 1. The van der Waals surface area contributed by atoms with Gasteiger partial charge in [-0.15, -0.1) is 0 Å². The molecule has 0 fully saturated rings. The number of carbonyl (C=O) groups excluding carboxylic acids is 1. The van der Waals surface area contributed by atoms with Crippen LogP contribution in [0.1, 0.15) is 46.5 Å². The molecule has 0 aliphatic heterocycles. The molecule has 92 valence electrons. The highest BCUT2D eigenvalue weighted by Gasteiger charge is 2.34. The average Bonchev–Trinajstić information content (AvgIpc) is 2.31. The minimum Gasteiger partial charge on any atom is -0.352 e. The van der Waals surface area contributed by atoms with E-state index >= 15 is 0 Å². The molecule has 0 aromatic heterocycles. The fourth-order valence-electron chi connectivity index (χ4n) is 1.70. The van der Waals surface area contributed by atoms with Crippen LogP contribution in [0.4, 0.5) is 0 Å². The van der Waals surface area contributed by atoms with Gasteiger partial charge in [-0.25, -0.2) is 0 Å². The number of rotatable bonds is 7. The van der Waals surface area contributed by atoms with E-state index in [1.807, 2.05) is 20.8 Å². The molecule has 0 saturated carbocycles. The highest BCUT2D eigenvalue weighted by atomic mass is 16.2. The summed E-state index contributed by atoms with van der Waals surface area (Å²) in [6, 6.07) is 2.03. The summed E-state index contributed by atoms with van der Waals surface area (Å²) in [7, 11) is 0. The summed E-state index contributed by atoms with van der Waals surface area (Å²) in [4.78, 5) is 12.1. The van der Waals surface area contributed by atoms with Crippen LogP contribution in [0.2, 0.25) is 0 Å². The SMILES string of the molecule is CCC(CC#N)NC(=O)C(CC)(CC)CN. The van der Waals surface area contributed by atoms with Crippen molar-refractivity contribution in [3.63, 3.8) is 0 Å². The van der Waals surface area contributed by atoms with Crippen molar-refractivity contribution < 1.29 is 4.79 Å². The zero-order valence-electron chi connectivity index (χ0n) is 10.5. The van der Waals surface area contributed by atoms with Gasteiger partial charge in [0.1, 0.15) is 0 Å². The first-order valence-corrected chi connectivity index (χ1v) is 5.98. The Bertz CT molecular complexity index is 245. The quantitative estimate of drug-likeness (QED) is 0.690. The fraction of sp³-hybridized carbons (Fsp3) is 0.833. The van der Waals surface area contributed by atoms with Crippen LogP contribution in [0.3, 0.4) is 0 Å². The van der Waals surface area contributed by atoms with Crippen molar-refractivity contribution in [3.8, 4) is 6.07 Å². The average molecular weight is 225 g/mol. The number of nitrogens with one attached hydrogen (secondary N) is 1. The monoisotopic (exact) mass is 225 g/mol. The lowest BCUT2D eigenvalue weighted by Crippen LogP contribution is -2.48. The molecule has 0 radical (unpaired) electrons. The van der Waals surface area contributed by atoms with Crippen LogP contribution in [-0.2, 0) is 4.79 Å². The van der Waals surface area contributed by atoms with Gasteiger partial charge in [-0.05, 0) is 19.3 Å². The maximum atomic E-state index is 12.1. The lowest BCUT2D eigenvalue weighted by atomic mass is 9.81. The predicted molar refractivity (Wildman–Crippen MR) is 64.5 cm³/mol. The second kappa shape index (κ2) is 7.24. The molecule has 0 rings (SSSR count). The van der Waals surface area contributed by atoms with E-state index in [1.165, 1.54) is 0 Å². The van der Waals surface area contributed by atoms with Gasteiger partial charge in [0.2, 0.25) is 5.91 Å². The highest BCUT2D eigenvalue weighted by Crippen LogP contribution is 2.25. The largest absolute Gasteiger partial charge is 0.352 e. The second-order valence-electron chi connectivity index (χ2n) is 4.13. The van der Waals surface area contributed by atoms with Gasteiger partial charge in [0.15, 0.2) is 0 Å². The van der Waals surface area contributed by atoms with Crippen molar-refractivity contribution >= 4 is 5.91 Å². The van der Waals surface area contributed by atoms with Gasteiger partial charge in [0, 0.05) is 12.6 Å². The Morgan fingerprint density at radius 3 is 2.31 bits per heavy atom. The minimum atomic E-state index is -0.469.